The highest BCUT2D eigenvalue weighted by Crippen LogP contribution is 2.27. The molecule has 0 fully saturated rings. The third-order valence-corrected chi connectivity index (χ3v) is 3.60. The first-order chi connectivity index (χ1) is 9.99. The van der Waals surface area contributed by atoms with Crippen molar-refractivity contribution >= 4 is 27.6 Å². The molecule has 0 radical (unpaired) electrons. The van der Waals surface area contributed by atoms with Crippen LogP contribution >= 0.6 is 15.9 Å². The molecule has 0 N–H and O–H groups in total. The van der Waals surface area contributed by atoms with Crippen LogP contribution in [0.1, 0.15) is 28.9 Å². The topological polar surface area (TPSA) is 69.4 Å². The summed E-state index contributed by atoms with van der Waals surface area (Å²) in [5, 5.41) is 10.9. The van der Waals surface area contributed by atoms with Gasteiger partial charge in [-0.3, -0.25) is 10.1 Å². The number of nitro benzene ring substituents is 1. The molecule has 0 aliphatic rings. The van der Waals surface area contributed by atoms with Crippen LogP contribution < -0.4 is 0 Å². The number of ether oxygens (including phenoxy) is 1. The summed E-state index contributed by atoms with van der Waals surface area (Å²) in [4.78, 5) is 22.4. The lowest BCUT2D eigenvalue weighted by Crippen LogP contribution is -2.09. The molecule has 0 aliphatic carbocycles. The zero-order chi connectivity index (χ0) is 15.4. The number of benzene rings is 2. The Morgan fingerprint density at radius 1 is 1.24 bits per heavy atom. The molecule has 5 nitrogen and oxygen atoms in total. The number of hydrogen-bond donors (Lipinski definition) is 0. The van der Waals surface area contributed by atoms with Crippen molar-refractivity contribution < 1.29 is 14.5 Å². The number of hydrogen-bond acceptors (Lipinski definition) is 4. The van der Waals surface area contributed by atoms with Gasteiger partial charge in [0.25, 0.3) is 5.69 Å². The van der Waals surface area contributed by atoms with Crippen molar-refractivity contribution in [2.24, 2.45) is 0 Å². The molecule has 0 saturated heterocycles. The van der Waals surface area contributed by atoms with E-state index in [0.717, 1.165) is 5.56 Å². The Morgan fingerprint density at radius 3 is 2.52 bits per heavy atom. The minimum atomic E-state index is -0.595. The monoisotopic (exact) mass is 349 g/mol. The molecule has 0 aliphatic heterocycles. The highest BCUT2D eigenvalue weighted by molar-refractivity contribution is 9.10. The fraction of sp³-hybridized carbons (Fsp3) is 0.133. The molecular weight excluding hydrogens is 338 g/mol. The molecule has 0 unspecified atom stereocenters. The van der Waals surface area contributed by atoms with Gasteiger partial charge in [-0.2, -0.15) is 0 Å². The maximum absolute atomic E-state index is 12.1. The molecule has 2 rings (SSSR count). The third-order valence-electron chi connectivity index (χ3n) is 2.93. The predicted octanol–water partition coefficient (Wildman–Crippen LogP) is 4.28. The van der Waals surface area contributed by atoms with Gasteiger partial charge in [-0.15, -0.1) is 0 Å². The molecule has 1 atom stereocenters. The fourth-order valence-electron chi connectivity index (χ4n) is 1.80. The van der Waals surface area contributed by atoms with Gasteiger partial charge in [0.05, 0.1) is 15.0 Å². The van der Waals surface area contributed by atoms with Gasteiger partial charge in [0.1, 0.15) is 6.10 Å². The molecule has 0 spiro atoms. The van der Waals surface area contributed by atoms with Crippen LogP contribution in [0.4, 0.5) is 5.69 Å². The lowest BCUT2D eigenvalue weighted by atomic mass is 10.1. The molecule has 108 valence electrons. The van der Waals surface area contributed by atoms with Gasteiger partial charge in [-0.05, 0) is 40.5 Å². The molecule has 0 heterocycles. The van der Waals surface area contributed by atoms with Crippen molar-refractivity contribution in [3.63, 3.8) is 0 Å². The van der Waals surface area contributed by atoms with Gasteiger partial charge >= 0.3 is 5.97 Å². The van der Waals surface area contributed by atoms with Gasteiger partial charge in [0, 0.05) is 6.07 Å². The molecule has 6 heteroatoms. The normalized spacial score (nSPS) is 11.7. The van der Waals surface area contributed by atoms with E-state index in [1.807, 2.05) is 30.3 Å². The number of nitro groups is 1. The van der Waals surface area contributed by atoms with Crippen LogP contribution in [0.3, 0.4) is 0 Å². The average molecular weight is 350 g/mol. The van der Waals surface area contributed by atoms with E-state index in [2.05, 4.69) is 15.9 Å². The molecule has 0 amide bonds. The Bertz CT molecular complexity index is 673. The summed E-state index contributed by atoms with van der Waals surface area (Å²) in [6.07, 6.45) is -0.429. The van der Waals surface area contributed by atoms with E-state index in [1.54, 1.807) is 6.92 Å². The van der Waals surface area contributed by atoms with Crippen LogP contribution in [0, 0.1) is 10.1 Å². The van der Waals surface area contributed by atoms with Crippen molar-refractivity contribution in [3.05, 3.63) is 74.2 Å². The molecule has 0 aromatic heterocycles. The zero-order valence-electron chi connectivity index (χ0n) is 11.2. The number of halogens is 1. The SMILES string of the molecule is C[C@@H](OC(=O)c1ccc(Br)c([N+](=O)[O-])c1)c1ccccc1. The van der Waals surface area contributed by atoms with E-state index in [9.17, 15) is 14.9 Å². The summed E-state index contributed by atoms with van der Waals surface area (Å²) in [5.41, 5.74) is 0.835. The van der Waals surface area contributed by atoms with Crippen LogP contribution in [0.25, 0.3) is 0 Å². The van der Waals surface area contributed by atoms with Gasteiger partial charge in [-0.25, -0.2) is 4.79 Å². The maximum Gasteiger partial charge on any atom is 0.338 e. The lowest BCUT2D eigenvalue weighted by molar-refractivity contribution is -0.385. The van der Waals surface area contributed by atoms with Crippen molar-refractivity contribution in [2.45, 2.75) is 13.0 Å². The van der Waals surface area contributed by atoms with Gasteiger partial charge in [0.15, 0.2) is 0 Å². The number of rotatable bonds is 4. The van der Waals surface area contributed by atoms with E-state index < -0.39 is 17.0 Å². The molecule has 0 bridgehead atoms. The van der Waals surface area contributed by atoms with Crippen molar-refractivity contribution in [3.8, 4) is 0 Å². The van der Waals surface area contributed by atoms with Gasteiger partial charge < -0.3 is 4.74 Å². The van der Waals surface area contributed by atoms with Gasteiger partial charge in [0.2, 0.25) is 0 Å². The lowest BCUT2D eigenvalue weighted by Gasteiger charge is -2.13. The van der Waals surface area contributed by atoms with E-state index >= 15 is 0 Å². The van der Waals surface area contributed by atoms with E-state index in [4.69, 9.17) is 4.74 Å². The quantitative estimate of drug-likeness (QED) is 0.469. The van der Waals surface area contributed by atoms with Crippen LogP contribution in [0.2, 0.25) is 0 Å². The Hall–Kier alpha value is -2.21. The summed E-state index contributed by atoms with van der Waals surface area (Å²) in [5.74, 6) is -0.595. The summed E-state index contributed by atoms with van der Waals surface area (Å²) in [6.45, 7) is 1.75. The van der Waals surface area contributed by atoms with Crippen LogP contribution in [0.5, 0.6) is 0 Å². The van der Waals surface area contributed by atoms with Crippen LogP contribution in [-0.4, -0.2) is 10.9 Å². The highest BCUT2D eigenvalue weighted by Gasteiger charge is 2.18. The van der Waals surface area contributed by atoms with E-state index in [1.165, 1.54) is 18.2 Å². The number of esters is 1. The second kappa shape index (κ2) is 6.49. The first kappa shape index (κ1) is 15.2. The standard InChI is InChI=1S/C15H12BrNO4/c1-10(11-5-3-2-4-6-11)21-15(18)12-7-8-13(16)14(9-12)17(19)20/h2-10H,1H3/t10-/m1/s1. The average Bonchev–Trinajstić information content (AvgIpc) is 2.48. The van der Waals surface area contributed by atoms with Gasteiger partial charge in [-0.1, -0.05) is 30.3 Å². The smallest absolute Gasteiger partial charge is 0.338 e. The summed E-state index contributed by atoms with van der Waals surface area (Å²) >= 11 is 3.07. The maximum atomic E-state index is 12.1. The molecule has 2 aromatic rings. The molecule has 0 saturated carbocycles. The van der Waals surface area contributed by atoms with Crippen LogP contribution in [-0.2, 0) is 4.74 Å². The van der Waals surface area contributed by atoms with E-state index in [0.29, 0.717) is 4.47 Å². The second-order valence-electron chi connectivity index (χ2n) is 4.38. The molecule has 21 heavy (non-hydrogen) atoms. The number of carbonyl (C=O) groups is 1. The van der Waals surface area contributed by atoms with E-state index in [-0.39, 0.29) is 11.3 Å². The predicted molar refractivity (Wildman–Crippen MR) is 81.1 cm³/mol. The first-order valence-electron chi connectivity index (χ1n) is 6.19. The Labute approximate surface area is 129 Å². The third kappa shape index (κ3) is 3.66. The molecule has 2 aromatic carbocycles. The second-order valence-corrected chi connectivity index (χ2v) is 5.24. The zero-order valence-corrected chi connectivity index (χ0v) is 12.7. The first-order valence-corrected chi connectivity index (χ1v) is 6.98. The Balaban J connectivity index is 2.17. The minimum Gasteiger partial charge on any atom is -0.454 e. The van der Waals surface area contributed by atoms with Crippen molar-refractivity contribution in [1.82, 2.24) is 0 Å². The molecular formula is C15H12BrNO4. The summed E-state index contributed by atoms with van der Waals surface area (Å²) in [6, 6.07) is 13.4. The fourth-order valence-corrected chi connectivity index (χ4v) is 2.19. The largest absolute Gasteiger partial charge is 0.454 e. The summed E-state index contributed by atoms with van der Waals surface area (Å²) in [7, 11) is 0. The van der Waals surface area contributed by atoms with Crippen molar-refractivity contribution in [2.75, 3.05) is 0 Å². The number of nitrogens with zero attached hydrogens (tertiary/aromatic N) is 1. The number of carbonyl (C=O) groups excluding carboxylic acids is 1. The summed E-state index contributed by atoms with van der Waals surface area (Å²) < 4.78 is 5.64. The Morgan fingerprint density at radius 2 is 1.90 bits per heavy atom. The van der Waals surface area contributed by atoms with Crippen molar-refractivity contribution in [1.29, 1.82) is 0 Å². The Kier molecular flexibility index (Phi) is 4.70. The highest BCUT2D eigenvalue weighted by atomic mass is 79.9. The minimum absolute atomic E-state index is 0.146. The van der Waals surface area contributed by atoms with Crippen LogP contribution in [0.15, 0.2) is 53.0 Å².